The van der Waals surface area contributed by atoms with Gasteiger partial charge in [0, 0.05) is 26.2 Å². The molecule has 100 valence electrons. The molecule has 19 heavy (non-hydrogen) atoms. The van der Waals surface area contributed by atoms with Crippen LogP contribution in [-0.2, 0) is 0 Å². The summed E-state index contributed by atoms with van der Waals surface area (Å²) in [5, 5.41) is 0. The van der Waals surface area contributed by atoms with Crippen molar-refractivity contribution in [2.75, 3.05) is 43.9 Å². The van der Waals surface area contributed by atoms with E-state index in [0.717, 1.165) is 32.0 Å². The first-order valence-corrected chi connectivity index (χ1v) is 6.34. The van der Waals surface area contributed by atoms with Crippen LogP contribution in [0.3, 0.4) is 0 Å². The van der Waals surface area contributed by atoms with E-state index < -0.39 is 0 Å². The molecule has 0 amide bonds. The van der Waals surface area contributed by atoms with E-state index in [-0.39, 0.29) is 0 Å². The fraction of sp³-hybridized carbons (Fsp3) is 0.385. The van der Waals surface area contributed by atoms with E-state index in [4.69, 9.17) is 10.2 Å². The molecule has 2 aromatic heterocycles. The highest BCUT2D eigenvalue weighted by Crippen LogP contribution is 2.24. The molecule has 3 rings (SSSR count). The van der Waals surface area contributed by atoms with Gasteiger partial charge in [-0.2, -0.15) is 0 Å². The summed E-state index contributed by atoms with van der Waals surface area (Å²) in [6, 6.07) is 3.71. The predicted molar refractivity (Wildman–Crippen MR) is 73.9 cm³/mol. The van der Waals surface area contributed by atoms with Gasteiger partial charge in [0.15, 0.2) is 17.4 Å². The highest BCUT2D eigenvalue weighted by molar-refractivity contribution is 5.63. The van der Waals surface area contributed by atoms with E-state index in [1.54, 1.807) is 12.5 Å². The number of likely N-dealkylation sites (N-methyl/N-ethyl adjacent to an activating group) is 1. The molecule has 6 nitrogen and oxygen atoms in total. The Morgan fingerprint density at radius 2 is 2.05 bits per heavy atom. The van der Waals surface area contributed by atoms with Crippen LogP contribution in [0, 0.1) is 0 Å². The molecule has 1 fully saturated rings. The SMILES string of the molecule is CN1CCN(c2nc(-c3ccco3)cnc2N)CC1. The molecule has 3 heterocycles. The van der Waals surface area contributed by atoms with Gasteiger partial charge in [-0.1, -0.05) is 0 Å². The standard InChI is InChI=1S/C13H17N5O/c1-17-4-6-18(7-5-17)13-12(14)15-9-10(16-13)11-3-2-8-19-11/h2-3,8-9H,4-7H2,1H3,(H2,14,15). The van der Waals surface area contributed by atoms with Crippen LogP contribution in [-0.4, -0.2) is 48.1 Å². The van der Waals surface area contributed by atoms with Crippen molar-refractivity contribution in [1.82, 2.24) is 14.9 Å². The summed E-state index contributed by atoms with van der Waals surface area (Å²) in [5.41, 5.74) is 6.66. The Morgan fingerprint density at radius 1 is 1.26 bits per heavy atom. The zero-order valence-corrected chi connectivity index (χ0v) is 10.9. The molecule has 2 N–H and O–H groups in total. The van der Waals surface area contributed by atoms with E-state index in [1.807, 2.05) is 12.1 Å². The monoisotopic (exact) mass is 259 g/mol. The number of hydrogen-bond acceptors (Lipinski definition) is 6. The molecule has 0 saturated carbocycles. The number of nitrogen functional groups attached to an aromatic ring is 1. The maximum absolute atomic E-state index is 5.95. The summed E-state index contributed by atoms with van der Waals surface area (Å²) in [6.07, 6.45) is 3.27. The van der Waals surface area contributed by atoms with Crippen molar-refractivity contribution in [2.24, 2.45) is 0 Å². The minimum atomic E-state index is 0.472. The van der Waals surface area contributed by atoms with Crippen LogP contribution in [0.15, 0.2) is 29.0 Å². The van der Waals surface area contributed by atoms with Crippen molar-refractivity contribution < 1.29 is 4.42 Å². The first-order chi connectivity index (χ1) is 9.24. The van der Waals surface area contributed by atoms with Crippen molar-refractivity contribution in [1.29, 1.82) is 0 Å². The predicted octanol–water partition coefficient (Wildman–Crippen LogP) is 1.07. The van der Waals surface area contributed by atoms with Crippen molar-refractivity contribution in [2.45, 2.75) is 0 Å². The Kier molecular flexibility index (Phi) is 3.08. The third-order valence-electron chi connectivity index (χ3n) is 3.36. The minimum absolute atomic E-state index is 0.472. The quantitative estimate of drug-likeness (QED) is 0.870. The topological polar surface area (TPSA) is 71.4 Å². The Hall–Kier alpha value is -2.08. The lowest BCUT2D eigenvalue weighted by Crippen LogP contribution is -2.45. The van der Waals surface area contributed by atoms with Gasteiger partial charge in [0.1, 0.15) is 5.69 Å². The summed E-state index contributed by atoms with van der Waals surface area (Å²) in [7, 11) is 2.12. The summed E-state index contributed by atoms with van der Waals surface area (Å²) in [6.45, 7) is 3.84. The zero-order valence-electron chi connectivity index (χ0n) is 10.9. The molecule has 1 aliphatic rings. The van der Waals surface area contributed by atoms with Crippen LogP contribution >= 0.6 is 0 Å². The maximum Gasteiger partial charge on any atom is 0.172 e. The Morgan fingerprint density at radius 3 is 2.74 bits per heavy atom. The summed E-state index contributed by atoms with van der Waals surface area (Å²) in [4.78, 5) is 13.3. The second-order valence-corrected chi connectivity index (χ2v) is 4.73. The molecule has 0 atom stereocenters. The van der Waals surface area contributed by atoms with Gasteiger partial charge < -0.3 is 20.0 Å². The molecule has 0 aromatic carbocycles. The van der Waals surface area contributed by atoms with Crippen molar-refractivity contribution in [3.8, 4) is 11.5 Å². The second-order valence-electron chi connectivity index (χ2n) is 4.73. The molecule has 1 aliphatic heterocycles. The fourth-order valence-electron chi connectivity index (χ4n) is 2.18. The first kappa shape index (κ1) is 12.0. The normalized spacial score (nSPS) is 16.8. The number of aromatic nitrogens is 2. The van der Waals surface area contributed by atoms with Crippen LogP contribution in [0.25, 0.3) is 11.5 Å². The Labute approximate surface area is 111 Å². The largest absolute Gasteiger partial charge is 0.463 e. The second kappa shape index (κ2) is 4.89. The Balaban J connectivity index is 1.90. The van der Waals surface area contributed by atoms with Gasteiger partial charge in [-0.3, -0.25) is 0 Å². The van der Waals surface area contributed by atoms with Gasteiger partial charge in [-0.15, -0.1) is 0 Å². The number of rotatable bonds is 2. The van der Waals surface area contributed by atoms with Crippen molar-refractivity contribution >= 4 is 11.6 Å². The van der Waals surface area contributed by atoms with Gasteiger partial charge in [0.05, 0.1) is 12.5 Å². The minimum Gasteiger partial charge on any atom is -0.463 e. The molecule has 1 saturated heterocycles. The van der Waals surface area contributed by atoms with E-state index in [0.29, 0.717) is 17.3 Å². The highest BCUT2D eigenvalue weighted by Gasteiger charge is 2.19. The van der Waals surface area contributed by atoms with Gasteiger partial charge >= 0.3 is 0 Å². The maximum atomic E-state index is 5.95. The smallest absolute Gasteiger partial charge is 0.172 e. The lowest BCUT2D eigenvalue weighted by molar-refractivity contribution is 0.312. The summed E-state index contributed by atoms with van der Waals surface area (Å²) in [5.74, 6) is 1.93. The van der Waals surface area contributed by atoms with Gasteiger partial charge in [0.2, 0.25) is 0 Å². The number of piperazine rings is 1. The van der Waals surface area contributed by atoms with Crippen molar-refractivity contribution in [3.63, 3.8) is 0 Å². The number of hydrogen-bond donors (Lipinski definition) is 1. The van der Waals surface area contributed by atoms with Crippen LogP contribution in [0.2, 0.25) is 0 Å². The van der Waals surface area contributed by atoms with Gasteiger partial charge in [0.25, 0.3) is 0 Å². The first-order valence-electron chi connectivity index (χ1n) is 6.34. The molecule has 0 spiro atoms. The average Bonchev–Trinajstić information content (AvgIpc) is 2.94. The van der Waals surface area contributed by atoms with E-state index in [2.05, 4.69) is 26.8 Å². The molecule has 0 bridgehead atoms. The molecule has 0 aliphatic carbocycles. The number of anilines is 2. The number of nitrogens with zero attached hydrogens (tertiary/aromatic N) is 4. The lowest BCUT2D eigenvalue weighted by Gasteiger charge is -2.33. The van der Waals surface area contributed by atoms with E-state index in [9.17, 15) is 0 Å². The zero-order chi connectivity index (χ0) is 13.2. The molecular weight excluding hydrogens is 242 g/mol. The van der Waals surface area contributed by atoms with Crippen LogP contribution in [0.5, 0.6) is 0 Å². The van der Waals surface area contributed by atoms with Gasteiger partial charge in [-0.25, -0.2) is 9.97 Å². The third-order valence-corrected chi connectivity index (χ3v) is 3.36. The third kappa shape index (κ3) is 2.39. The van der Waals surface area contributed by atoms with Gasteiger partial charge in [-0.05, 0) is 19.2 Å². The van der Waals surface area contributed by atoms with Crippen LogP contribution < -0.4 is 10.6 Å². The lowest BCUT2D eigenvalue weighted by atomic mass is 10.3. The van der Waals surface area contributed by atoms with Crippen molar-refractivity contribution in [3.05, 3.63) is 24.6 Å². The Bertz CT molecular complexity index is 546. The average molecular weight is 259 g/mol. The van der Waals surface area contributed by atoms with Crippen LogP contribution in [0.4, 0.5) is 11.6 Å². The van der Waals surface area contributed by atoms with E-state index >= 15 is 0 Å². The highest BCUT2D eigenvalue weighted by atomic mass is 16.3. The molecular formula is C13H17N5O. The summed E-state index contributed by atoms with van der Waals surface area (Å²) >= 11 is 0. The number of furan rings is 1. The van der Waals surface area contributed by atoms with Crippen LogP contribution in [0.1, 0.15) is 0 Å². The molecule has 0 unspecified atom stereocenters. The molecule has 6 heteroatoms. The molecule has 2 aromatic rings. The molecule has 0 radical (unpaired) electrons. The number of nitrogens with two attached hydrogens (primary N) is 1. The fourth-order valence-corrected chi connectivity index (χ4v) is 2.18. The van der Waals surface area contributed by atoms with E-state index in [1.165, 1.54) is 0 Å². The summed E-state index contributed by atoms with van der Waals surface area (Å²) < 4.78 is 5.35.